The first-order valence-electron chi connectivity index (χ1n) is 9.43. The second kappa shape index (κ2) is 8.74. The van der Waals surface area contributed by atoms with Crippen LogP contribution in [0.1, 0.15) is 43.9 Å². The summed E-state index contributed by atoms with van der Waals surface area (Å²) in [6, 6.07) is 13.6. The van der Waals surface area contributed by atoms with Gasteiger partial charge in [0.15, 0.2) is 0 Å². The van der Waals surface area contributed by atoms with Gasteiger partial charge in [-0.25, -0.2) is 8.78 Å². The number of hydrogen-bond acceptors (Lipinski definition) is 2. The van der Waals surface area contributed by atoms with Gasteiger partial charge in [-0.05, 0) is 61.1 Å². The molecule has 0 saturated carbocycles. The Balaban J connectivity index is 1.99. The van der Waals surface area contributed by atoms with Crippen molar-refractivity contribution < 1.29 is 13.5 Å². The smallest absolute Gasteiger partial charge is 0.123 e. The minimum atomic E-state index is -0.246. The summed E-state index contributed by atoms with van der Waals surface area (Å²) in [6.45, 7) is 6.58. The quantitative estimate of drug-likeness (QED) is 0.704. The van der Waals surface area contributed by atoms with Gasteiger partial charge in [-0.15, -0.1) is 0 Å². The lowest BCUT2D eigenvalue weighted by molar-refractivity contribution is 0.0150. The lowest BCUT2D eigenvalue weighted by Crippen LogP contribution is -2.47. The van der Waals surface area contributed by atoms with Crippen LogP contribution in [0, 0.1) is 17.6 Å². The van der Waals surface area contributed by atoms with Gasteiger partial charge in [0.05, 0.1) is 12.6 Å². The molecule has 0 bridgehead atoms. The van der Waals surface area contributed by atoms with E-state index in [1.165, 1.54) is 30.7 Å². The van der Waals surface area contributed by atoms with Crippen molar-refractivity contribution >= 4 is 0 Å². The van der Waals surface area contributed by atoms with E-state index >= 15 is 0 Å². The second-order valence-electron chi connectivity index (χ2n) is 7.20. The monoisotopic (exact) mass is 359 g/mol. The van der Waals surface area contributed by atoms with Crippen molar-refractivity contribution in [2.75, 3.05) is 19.8 Å². The number of rotatable bonds is 6. The highest BCUT2D eigenvalue weighted by atomic mass is 19.1. The molecule has 1 fully saturated rings. The Morgan fingerprint density at radius 3 is 2.00 bits per heavy atom. The summed E-state index contributed by atoms with van der Waals surface area (Å²) in [5, 5.41) is 0. The maximum absolute atomic E-state index is 13.5. The number of halogens is 2. The van der Waals surface area contributed by atoms with Gasteiger partial charge in [-0.1, -0.05) is 31.2 Å². The fraction of sp³-hybridized carbons (Fsp3) is 0.455. The van der Waals surface area contributed by atoms with E-state index in [0.29, 0.717) is 25.2 Å². The first kappa shape index (κ1) is 19.0. The van der Waals surface area contributed by atoms with Gasteiger partial charge in [0.2, 0.25) is 0 Å². The molecule has 0 spiro atoms. The van der Waals surface area contributed by atoms with Gasteiger partial charge < -0.3 is 4.74 Å². The second-order valence-corrected chi connectivity index (χ2v) is 7.20. The fourth-order valence-corrected chi connectivity index (χ4v) is 3.86. The van der Waals surface area contributed by atoms with Crippen molar-refractivity contribution in [1.29, 1.82) is 0 Å². The minimum Gasteiger partial charge on any atom is -0.380 e. The highest BCUT2D eigenvalue weighted by Gasteiger charge is 2.33. The number of hydrogen-bond donors (Lipinski definition) is 0. The van der Waals surface area contributed by atoms with E-state index in [1.807, 2.05) is 31.2 Å². The molecular weight excluding hydrogens is 332 g/mol. The third-order valence-electron chi connectivity index (χ3n) is 5.20. The first-order chi connectivity index (χ1) is 12.6. The summed E-state index contributed by atoms with van der Waals surface area (Å²) in [5.41, 5.74) is 2.04. The molecule has 1 heterocycles. The molecule has 3 rings (SSSR count). The van der Waals surface area contributed by atoms with E-state index < -0.39 is 0 Å². The lowest BCUT2D eigenvalue weighted by Gasteiger charge is -2.44. The molecule has 1 saturated heterocycles. The number of benzene rings is 2. The molecule has 0 radical (unpaired) electrons. The topological polar surface area (TPSA) is 12.5 Å². The van der Waals surface area contributed by atoms with Crippen LogP contribution in [0.15, 0.2) is 48.5 Å². The molecule has 0 N–H and O–H groups in total. The molecule has 140 valence electrons. The van der Waals surface area contributed by atoms with Gasteiger partial charge in [0, 0.05) is 19.2 Å². The number of likely N-dealkylation sites (tertiary alicyclic amines) is 1. The van der Waals surface area contributed by atoms with Crippen molar-refractivity contribution in [3.63, 3.8) is 0 Å². The Morgan fingerprint density at radius 1 is 0.962 bits per heavy atom. The summed E-state index contributed by atoms with van der Waals surface area (Å²) < 4.78 is 32.7. The summed E-state index contributed by atoms with van der Waals surface area (Å²) >= 11 is 0. The van der Waals surface area contributed by atoms with Gasteiger partial charge >= 0.3 is 0 Å². The number of piperidine rings is 1. The van der Waals surface area contributed by atoms with E-state index in [9.17, 15) is 8.78 Å². The molecule has 1 aliphatic heterocycles. The predicted octanol–water partition coefficient (Wildman–Crippen LogP) is 5.19. The SMILES string of the molecule is CCOC[C@@H]1CC[C@@H](C)CN1C(c1ccc(F)cc1)c1ccc(F)cc1. The van der Waals surface area contributed by atoms with Crippen molar-refractivity contribution in [3.05, 3.63) is 71.3 Å². The molecule has 0 aliphatic carbocycles. The lowest BCUT2D eigenvalue weighted by atomic mass is 9.88. The predicted molar refractivity (Wildman–Crippen MR) is 100 cm³/mol. The molecule has 4 heteroatoms. The van der Waals surface area contributed by atoms with E-state index in [2.05, 4.69) is 11.8 Å². The standard InChI is InChI=1S/C22H27F2NO/c1-3-26-15-21-13-4-16(2)14-25(21)22(17-5-9-19(23)10-6-17)18-7-11-20(24)12-8-18/h5-12,16,21-22H,3-4,13-15H2,1-2H3/t16-,21+/m1/s1. The summed E-state index contributed by atoms with van der Waals surface area (Å²) in [7, 11) is 0. The summed E-state index contributed by atoms with van der Waals surface area (Å²) in [4.78, 5) is 2.45. The maximum Gasteiger partial charge on any atom is 0.123 e. The van der Waals surface area contributed by atoms with Crippen LogP contribution in [0.5, 0.6) is 0 Å². The molecular formula is C22H27F2NO. The molecule has 26 heavy (non-hydrogen) atoms. The van der Waals surface area contributed by atoms with Crippen molar-refractivity contribution in [2.45, 2.75) is 38.8 Å². The van der Waals surface area contributed by atoms with Gasteiger partial charge in [0.1, 0.15) is 11.6 Å². The highest BCUT2D eigenvalue weighted by molar-refractivity contribution is 5.32. The molecule has 0 aromatic heterocycles. The molecule has 2 atom stereocenters. The van der Waals surface area contributed by atoms with E-state index in [0.717, 1.165) is 24.1 Å². The Bertz CT molecular complexity index is 639. The molecule has 2 nitrogen and oxygen atoms in total. The van der Waals surface area contributed by atoms with Gasteiger partial charge in [-0.3, -0.25) is 4.90 Å². The third-order valence-corrected chi connectivity index (χ3v) is 5.20. The van der Waals surface area contributed by atoms with Crippen LogP contribution < -0.4 is 0 Å². The van der Waals surface area contributed by atoms with Crippen molar-refractivity contribution in [1.82, 2.24) is 4.90 Å². The van der Waals surface area contributed by atoms with Crippen molar-refractivity contribution in [2.24, 2.45) is 5.92 Å². The van der Waals surface area contributed by atoms with E-state index in [4.69, 9.17) is 4.74 Å². The Morgan fingerprint density at radius 2 is 1.50 bits per heavy atom. The van der Waals surface area contributed by atoms with Crippen LogP contribution in [0.25, 0.3) is 0 Å². The zero-order valence-corrected chi connectivity index (χ0v) is 15.5. The van der Waals surface area contributed by atoms with Gasteiger partial charge in [0.25, 0.3) is 0 Å². The highest BCUT2D eigenvalue weighted by Crippen LogP contribution is 2.35. The zero-order chi connectivity index (χ0) is 18.5. The van der Waals surface area contributed by atoms with Crippen LogP contribution in [-0.4, -0.2) is 30.7 Å². The van der Waals surface area contributed by atoms with Crippen LogP contribution >= 0.6 is 0 Å². The van der Waals surface area contributed by atoms with Crippen LogP contribution in [-0.2, 0) is 4.74 Å². The Kier molecular flexibility index (Phi) is 6.38. The molecule has 0 unspecified atom stereocenters. The van der Waals surface area contributed by atoms with Gasteiger partial charge in [-0.2, -0.15) is 0 Å². The zero-order valence-electron chi connectivity index (χ0n) is 15.5. The fourth-order valence-electron chi connectivity index (χ4n) is 3.86. The largest absolute Gasteiger partial charge is 0.380 e. The maximum atomic E-state index is 13.5. The van der Waals surface area contributed by atoms with Crippen molar-refractivity contribution in [3.8, 4) is 0 Å². The Labute approximate surface area is 154 Å². The summed E-state index contributed by atoms with van der Waals surface area (Å²) in [6.07, 6.45) is 2.24. The third kappa shape index (κ3) is 4.49. The van der Waals surface area contributed by atoms with E-state index in [1.54, 1.807) is 0 Å². The molecule has 2 aromatic rings. The molecule has 1 aliphatic rings. The summed E-state index contributed by atoms with van der Waals surface area (Å²) in [5.74, 6) is 0.0882. The average Bonchev–Trinajstić information content (AvgIpc) is 2.64. The normalized spacial score (nSPS) is 21.3. The van der Waals surface area contributed by atoms with Crippen LogP contribution in [0.4, 0.5) is 8.78 Å². The Hall–Kier alpha value is -1.78. The number of ether oxygens (including phenoxy) is 1. The molecule has 0 amide bonds. The molecule has 2 aromatic carbocycles. The number of nitrogens with zero attached hydrogens (tertiary/aromatic N) is 1. The first-order valence-corrected chi connectivity index (χ1v) is 9.43. The minimum absolute atomic E-state index is 0.0376. The van der Waals surface area contributed by atoms with Crippen LogP contribution in [0.3, 0.4) is 0 Å². The van der Waals surface area contributed by atoms with E-state index in [-0.39, 0.29) is 17.7 Å². The van der Waals surface area contributed by atoms with Crippen LogP contribution in [0.2, 0.25) is 0 Å². The average molecular weight is 359 g/mol.